The van der Waals surface area contributed by atoms with Gasteiger partial charge in [0, 0.05) is 32.5 Å². The van der Waals surface area contributed by atoms with Crippen LogP contribution in [0.25, 0.3) is 0 Å². The number of rotatable bonds is 3. The highest BCUT2D eigenvalue weighted by molar-refractivity contribution is 7.16. The zero-order valence-electron chi connectivity index (χ0n) is 7.57. The number of methoxy groups -OCH3 is 1. The van der Waals surface area contributed by atoms with Gasteiger partial charge in [-0.05, 0) is 13.0 Å². The Balaban J connectivity index is 2.41. The third-order valence-corrected chi connectivity index (χ3v) is 3.09. The predicted octanol–water partition coefficient (Wildman–Crippen LogP) is 0.148. The van der Waals surface area contributed by atoms with E-state index < -0.39 is 0 Å². The Kier molecular flexibility index (Phi) is 4.44. The van der Waals surface area contributed by atoms with Crippen LogP contribution in [0.4, 0.5) is 0 Å². The van der Waals surface area contributed by atoms with Crippen molar-refractivity contribution in [3.8, 4) is 0 Å². The van der Waals surface area contributed by atoms with Crippen molar-refractivity contribution in [1.82, 2.24) is 4.90 Å². The highest BCUT2D eigenvalue weighted by Crippen LogP contribution is 2.19. The van der Waals surface area contributed by atoms with Crippen LogP contribution in [-0.4, -0.2) is 49.2 Å². The molecule has 0 spiro atoms. The van der Waals surface area contributed by atoms with Gasteiger partial charge in [-0.3, -0.25) is 4.90 Å². The second-order valence-electron chi connectivity index (χ2n) is 3.27. The summed E-state index contributed by atoms with van der Waals surface area (Å²) in [6.45, 7) is 2.28. The molecule has 3 atom stereocenters. The van der Waals surface area contributed by atoms with Gasteiger partial charge < -0.3 is 9.84 Å². The molecule has 0 saturated carbocycles. The van der Waals surface area contributed by atoms with Crippen LogP contribution in [0.1, 0.15) is 6.42 Å². The molecule has 4 heteroatoms. The quantitative estimate of drug-likeness (QED) is 0.644. The van der Waals surface area contributed by atoms with E-state index in [0.29, 0.717) is 5.92 Å². The molecule has 1 aliphatic rings. The SMILES string of the molecule is COC1CN(CP)CCC1CO. The summed E-state index contributed by atoms with van der Waals surface area (Å²) in [5.41, 5.74) is 0. The third kappa shape index (κ3) is 2.40. The van der Waals surface area contributed by atoms with Crippen molar-refractivity contribution >= 4 is 9.24 Å². The van der Waals surface area contributed by atoms with Gasteiger partial charge in [0.25, 0.3) is 0 Å². The minimum Gasteiger partial charge on any atom is -0.396 e. The third-order valence-electron chi connectivity index (χ3n) is 2.58. The van der Waals surface area contributed by atoms with Crippen molar-refractivity contribution < 1.29 is 9.84 Å². The molecule has 0 aromatic heterocycles. The van der Waals surface area contributed by atoms with E-state index in [-0.39, 0.29) is 12.7 Å². The molecule has 3 nitrogen and oxygen atoms in total. The molecule has 3 unspecified atom stereocenters. The van der Waals surface area contributed by atoms with Gasteiger partial charge in [-0.15, -0.1) is 9.24 Å². The van der Waals surface area contributed by atoms with Gasteiger partial charge >= 0.3 is 0 Å². The van der Waals surface area contributed by atoms with Gasteiger partial charge in [0.2, 0.25) is 0 Å². The molecule has 1 saturated heterocycles. The summed E-state index contributed by atoms with van der Waals surface area (Å²) in [6, 6.07) is 0. The second-order valence-corrected chi connectivity index (χ2v) is 3.63. The van der Waals surface area contributed by atoms with Crippen LogP contribution in [0, 0.1) is 5.92 Å². The maximum Gasteiger partial charge on any atom is 0.0748 e. The summed E-state index contributed by atoms with van der Waals surface area (Å²) in [7, 11) is 4.44. The fourth-order valence-electron chi connectivity index (χ4n) is 1.67. The highest BCUT2D eigenvalue weighted by Gasteiger charge is 2.27. The zero-order chi connectivity index (χ0) is 8.97. The molecule has 0 aliphatic carbocycles. The van der Waals surface area contributed by atoms with E-state index in [9.17, 15) is 0 Å². The predicted molar refractivity (Wildman–Crippen MR) is 52.1 cm³/mol. The summed E-state index contributed by atoms with van der Waals surface area (Å²) in [5.74, 6) is 0.336. The Morgan fingerprint density at radius 3 is 2.92 bits per heavy atom. The van der Waals surface area contributed by atoms with Crippen LogP contribution in [0.5, 0.6) is 0 Å². The van der Waals surface area contributed by atoms with E-state index in [0.717, 1.165) is 25.8 Å². The number of nitrogens with zero attached hydrogens (tertiary/aromatic N) is 1. The smallest absolute Gasteiger partial charge is 0.0748 e. The van der Waals surface area contributed by atoms with E-state index in [1.165, 1.54) is 0 Å². The van der Waals surface area contributed by atoms with Crippen LogP contribution >= 0.6 is 9.24 Å². The number of hydrogen-bond acceptors (Lipinski definition) is 3. The maximum absolute atomic E-state index is 9.05. The molecular weight excluding hydrogens is 173 g/mol. The summed E-state index contributed by atoms with van der Waals surface area (Å²) in [5, 5.41) is 9.05. The van der Waals surface area contributed by atoms with Gasteiger partial charge in [0.1, 0.15) is 0 Å². The van der Waals surface area contributed by atoms with Crippen LogP contribution in [0.15, 0.2) is 0 Å². The summed E-state index contributed by atoms with van der Waals surface area (Å²) in [6.07, 6.45) is 2.26. The van der Waals surface area contributed by atoms with Crippen molar-refractivity contribution in [2.75, 3.05) is 33.1 Å². The van der Waals surface area contributed by atoms with Crippen LogP contribution in [-0.2, 0) is 4.74 Å². The Bertz CT molecular complexity index is 134. The number of likely N-dealkylation sites (tertiary alicyclic amines) is 1. The Hall–Kier alpha value is 0.310. The summed E-state index contributed by atoms with van der Waals surface area (Å²) in [4.78, 5) is 2.32. The normalized spacial score (nSPS) is 32.2. The number of piperidine rings is 1. The van der Waals surface area contributed by atoms with E-state index in [2.05, 4.69) is 14.1 Å². The number of hydrogen-bond donors (Lipinski definition) is 1. The highest BCUT2D eigenvalue weighted by atomic mass is 31.0. The minimum absolute atomic E-state index is 0.212. The molecular formula is C8H18NO2P. The van der Waals surface area contributed by atoms with Gasteiger partial charge in [-0.25, -0.2) is 0 Å². The first-order chi connectivity index (χ1) is 5.81. The van der Waals surface area contributed by atoms with Crippen molar-refractivity contribution in [1.29, 1.82) is 0 Å². The Labute approximate surface area is 76.3 Å². The summed E-state index contributed by atoms with van der Waals surface area (Å²) >= 11 is 0. The van der Waals surface area contributed by atoms with Crippen molar-refractivity contribution in [2.45, 2.75) is 12.5 Å². The standard InChI is InChI=1S/C8H18NO2P/c1-11-8-4-9(6-12)3-2-7(8)5-10/h7-8,10H,2-6,12H2,1H3. The lowest BCUT2D eigenvalue weighted by atomic mass is 9.95. The van der Waals surface area contributed by atoms with Gasteiger partial charge in [0.05, 0.1) is 6.10 Å². The molecule has 0 aromatic carbocycles. The molecule has 0 aromatic rings. The molecule has 0 bridgehead atoms. The maximum atomic E-state index is 9.05. The lowest BCUT2D eigenvalue weighted by Gasteiger charge is -2.36. The fourth-order valence-corrected chi connectivity index (χ4v) is 2.00. The van der Waals surface area contributed by atoms with Crippen LogP contribution in [0.3, 0.4) is 0 Å². The van der Waals surface area contributed by atoms with Crippen LogP contribution < -0.4 is 0 Å². The van der Waals surface area contributed by atoms with Gasteiger partial charge in [-0.2, -0.15) is 0 Å². The van der Waals surface area contributed by atoms with Crippen LogP contribution in [0.2, 0.25) is 0 Å². The van der Waals surface area contributed by atoms with Gasteiger partial charge in [0.15, 0.2) is 0 Å². The van der Waals surface area contributed by atoms with Gasteiger partial charge in [-0.1, -0.05) is 0 Å². The van der Waals surface area contributed by atoms with Crippen molar-refractivity contribution in [3.05, 3.63) is 0 Å². The number of aliphatic hydroxyl groups is 1. The molecule has 1 fully saturated rings. The average molecular weight is 191 g/mol. The van der Waals surface area contributed by atoms with E-state index in [1.54, 1.807) is 7.11 Å². The molecule has 0 radical (unpaired) electrons. The Morgan fingerprint density at radius 1 is 1.67 bits per heavy atom. The first kappa shape index (κ1) is 10.4. The monoisotopic (exact) mass is 191 g/mol. The van der Waals surface area contributed by atoms with Crippen molar-refractivity contribution in [2.24, 2.45) is 5.92 Å². The zero-order valence-corrected chi connectivity index (χ0v) is 8.72. The number of ether oxygens (including phenoxy) is 1. The van der Waals surface area contributed by atoms with E-state index >= 15 is 0 Å². The fraction of sp³-hybridized carbons (Fsp3) is 1.00. The second kappa shape index (κ2) is 5.13. The largest absolute Gasteiger partial charge is 0.396 e. The lowest BCUT2D eigenvalue weighted by Crippen LogP contribution is -2.45. The molecule has 12 heavy (non-hydrogen) atoms. The summed E-state index contributed by atoms with van der Waals surface area (Å²) < 4.78 is 5.32. The molecule has 1 heterocycles. The van der Waals surface area contributed by atoms with E-state index in [1.807, 2.05) is 0 Å². The van der Waals surface area contributed by atoms with Crippen molar-refractivity contribution in [3.63, 3.8) is 0 Å². The minimum atomic E-state index is 0.212. The molecule has 0 amide bonds. The van der Waals surface area contributed by atoms with E-state index in [4.69, 9.17) is 9.84 Å². The Morgan fingerprint density at radius 2 is 2.42 bits per heavy atom. The molecule has 1 aliphatic heterocycles. The molecule has 1 N–H and O–H groups in total. The lowest BCUT2D eigenvalue weighted by molar-refractivity contribution is -0.0246. The first-order valence-corrected chi connectivity index (χ1v) is 5.19. The first-order valence-electron chi connectivity index (χ1n) is 4.38. The number of aliphatic hydroxyl groups excluding tert-OH is 1. The average Bonchev–Trinajstić information content (AvgIpc) is 2.16. The topological polar surface area (TPSA) is 32.7 Å². The molecule has 72 valence electrons. The molecule has 1 rings (SSSR count).